The molecule has 0 aromatic carbocycles. The molecule has 2 rings (SSSR count). The molecule has 0 bridgehead atoms. The molecule has 2 atom stereocenters. The van der Waals surface area contributed by atoms with Crippen molar-refractivity contribution in [1.29, 1.82) is 0 Å². The number of rotatable bonds is 5. The average Bonchev–Trinajstić information content (AvgIpc) is 2.80. The van der Waals surface area contributed by atoms with Crippen LogP contribution in [0.3, 0.4) is 0 Å². The first-order valence-electron chi connectivity index (χ1n) is 8.57. The van der Waals surface area contributed by atoms with Crippen molar-refractivity contribution in [2.24, 2.45) is 17.5 Å². The second-order valence-corrected chi connectivity index (χ2v) is 7.56. The van der Waals surface area contributed by atoms with Crippen LogP contribution in [-0.2, 0) is 13.6 Å². The van der Waals surface area contributed by atoms with Crippen LogP contribution in [-0.4, -0.2) is 34.8 Å². The summed E-state index contributed by atoms with van der Waals surface area (Å²) < 4.78 is 1.84. The fourth-order valence-corrected chi connectivity index (χ4v) is 3.53. The monoisotopic (exact) mass is 374 g/mol. The maximum Gasteiger partial charge on any atom is 0.191 e. The fraction of sp³-hybridized carbons (Fsp3) is 0.706. The topological polar surface area (TPSA) is 61.6 Å². The quantitative estimate of drug-likeness (QED) is 0.547. The van der Waals surface area contributed by atoms with Gasteiger partial charge in [-0.05, 0) is 25.8 Å². The summed E-state index contributed by atoms with van der Waals surface area (Å²) in [5, 5.41) is 18.0. The van der Waals surface area contributed by atoms with Crippen molar-refractivity contribution in [3.8, 4) is 0 Å². The maximum atomic E-state index is 10.3. The Morgan fingerprint density at radius 2 is 2.17 bits per heavy atom. The largest absolute Gasteiger partial charge is 0.392 e. The molecule has 3 N–H and O–H groups in total. The van der Waals surface area contributed by atoms with E-state index in [0.717, 1.165) is 37.5 Å². The van der Waals surface area contributed by atoms with Gasteiger partial charge in [0.15, 0.2) is 5.96 Å². The van der Waals surface area contributed by atoms with Crippen LogP contribution in [0.2, 0.25) is 10.2 Å². The minimum absolute atomic E-state index is 0.105. The van der Waals surface area contributed by atoms with Crippen LogP contribution in [0, 0.1) is 5.41 Å². The van der Waals surface area contributed by atoms with E-state index in [1.165, 1.54) is 6.42 Å². The smallest absolute Gasteiger partial charge is 0.191 e. The summed E-state index contributed by atoms with van der Waals surface area (Å²) in [6, 6.07) is 1.84. The summed E-state index contributed by atoms with van der Waals surface area (Å²) in [5.41, 5.74) is 0.845. The molecule has 0 radical (unpaired) electrons. The van der Waals surface area contributed by atoms with E-state index in [0.29, 0.717) is 23.3 Å². The number of aliphatic hydroxyl groups is 1. The number of aliphatic hydroxyl groups excluding tert-OH is 1. The molecule has 1 heterocycles. The molecule has 136 valence electrons. The van der Waals surface area contributed by atoms with Gasteiger partial charge in [-0.25, -0.2) is 4.99 Å². The Labute approximate surface area is 154 Å². The number of aromatic nitrogens is 1. The van der Waals surface area contributed by atoms with Crippen molar-refractivity contribution in [3.63, 3.8) is 0 Å². The van der Waals surface area contributed by atoms with Crippen LogP contribution in [0.1, 0.15) is 45.2 Å². The maximum absolute atomic E-state index is 10.3. The zero-order chi connectivity index (χ0) is 17.7. The Morgan fingerprint density at radius 3 is 2.75 bits per heavy atom. The van der Waals surface area contributed by atoms with Gasteiger partial charge in [-0.1, -0.05) is 43.0 Å². The van der Waals surface area contributed by atoms with Crippen molar-refractivity contribution in [3.05, 3.63) is 21.9 Å². The van der Waals surface area contributed by atoms with Crippen LogP contribution in [0.5, 0.6) is 0 Å². The Hall–Kier alpha value is -0.910. The van der Waals surface area contributed by atoms with Crippen molar-refractivity contribution in [2.75, 3.05) is 13.1 Å². The van der Waals surface area contributed by atoms with Crippen LogP contribution in [0.15, 0.2) is 11.1 Å². The van der Waals surface area contributed by atoms with Gasteiger partial charge in [-0.15, -0.1) is 0 Å². The van der Waals surface area contributed by atoms with E-state index in [9.17, 15) is 5.11 Å². The molecule has 7 heteroatoms. The summed E-state index contributed by atoms with van der Waals surface area (Å²) >= 11 is 12.1. The van der Waals surface area contributed by atoms with E-state index in [2.05, 4.69) is 22.5 Å². The SMILES string of the molecule is CCNC(=NCc1cc(Cl)c(Cl)n1C)NCC1(C)CCCCC1O. The molecule has 0 amide bonds. The van der Waals surface area contributed by atoms with Crippen LogP contribution in [0.25, 0.3) is 0 Å². The lowest BCUT2D eigenvalue weighted by Gasteiger charge is -2.38. The van der Waals surface area contributed by atoms with Crippen molar-refractivity contribution in [2.45, 2.75) is 52.2 Å². The molecule has 1 fully saturated rings. The third-order valence-corrected chi connectivity index (χ3v) is 5.74. The third kappa shape index (κ3) is 4.58. The summed E-state index contributed by atoms with van der Waals surface area (Å²) in [6.45, 7) is 6.14. The summed E-state index contributed by atoms with van der Waals surface area (Å²) in [5.74, 6) is 0.741. The Bertz CT molecular complexity index is 587. The number of guanidine groups is 1. The fourth-order valence-electron chi connectivity index (χ4n) is 3.12. The average molecular weight is 375 g/mol. The number of aliphatic imine (C=N–C) groups is 1. The molecule has 1 aromatic rings. The zero-order valence-electron chi connectivity index (χ0n) is 14.7. The first-order chi connectivity index (χ1) is 11.4. The zero-order valence-corrected chi connectivity index (χ0v) is 16.2. The Balaban J connectivity index is 2.01. The normalized spacial score (nSPS) is 24.9. The third-order valence-electron chi connectivity index (χ3n) is 4.90. The molecule has 1 saturated carbocycles. The van der Waals surface area contributed by atoms with E-state index in [4.69, 9.17) is 23.2 Å². The standard InChI is InChI=1S/C17H28Cl2N4O/c1-4-20-16(21-10-12-9-13(18)15(19)23(12)3)22-11-17(2)8-6-5-7-14(17)24/h9,14,24H,4-8,10-11H2,1-3H3,(H2,20,21,22). The van der Waals surface area contributed by atoms with Gasteiger partial charge in [0.05, 0.1) is 17.7 Å². The lowest BCUT2D eigenvalue weighted by atomic mass is 9.73. The molecule has 0 saturated heterocycles. The Kier molecular flexibility index (Phi) is 6.84. The van der Waals surface area contributed by atoms with Crippen LogP contribution < -0.4 is 10.6 Å². The molecule has 5 nitrogen and oxygen atoms in total. The number of halogens is 2. The van der Waals surface area contributed by atoms with E-state index < -0.39 is 0 Å². The van der Waals surface area contributed by atoms with Crippen molar-refractivity contribution >= 4 is 29.2 Å². The van der Waals surface area contributed by atoms with Gasteiger partial charge in [0, 0.05) is 31.2 Å². The summed E-state index contributed by atoms with van der Waals surface area (Å²) in [7, 11) is 1.87. The molecule has 24 heavy (non-hydrogen) atoms. The van der Waals surface area contributed by atoms with Crippen LogP contribution >= 0.6 is 23.2 Å². The second kappa shape index (κ2) is 8.45. The predicted molar refractivity (Wildman–Crippen MR) is 101 cm³/mol. The summed E-state index contributed by atoms with van der Waals surface area (Å²) in [4.78, 5) is 4.61. The molecule has 1 aliphatic carbocycles. The van der Waals surface area contributed by atoms with Gasteiger partial charge >= 0.3 is 0 Å². The van der Waals surface area contributed by atoms with Gasteiger partial charge < -0.3 is 20.3 Å². The van der Waals surface area contributed by atoms with Crippen molar-refractivity contribution < 1.29 is 5.11 Å². The highest BCUT2D eigenvalue weighted by Crippen LogP contribution is 2.35. The number of nitrogens with zero attached hydrogens (tertiary/aromatic N) is 2. The predicted octanol–water partition coefficient (Wildman–Crippen LogP) is 3.33. The van der Waals surface area contributed by atoms with Gasteiger partial charge in [0.2, 0.25) is 0 Å². The van der Waals surface area contributed by atoms with E-state index in [-0.39, 0.29) is 11.5 Å². The van der Waals surface area contributed by atoms with Gasteiger partial charge in [-0.2, -0.15) is 0 Å². The molecule has 0 spiro atoms. The second-order valence-electron chi connectivity index (χ2n) is 6.80. The number of nitrogens with one attached hydrogen (secondary N) is 2. The van der Waals surface area contributed by atoms with Gasteiger partial charge in [-0.3, -0.25) is 0 Å². The van der Waals surface area contributed by atoms with Gasteiger partial charge in [0.25, 0.3) is 0 Å². The molecule has 0 aliphatic heterocycles. The van der Waals surface area contributed by atoms with Crippen molar-refractivity contribution in [1.82, 2.24) is 15.2 Å². The molecule has 2 unspecified atom stereocenters. The molecular weight excluding hydrogens is 347 g/mol. The Morgan fingerprint density at radius 1 is 1.42 bits per heavy atom. The lowest BCUT2D eigenvalue weighted by molar-refractivity contribution is 0.00397. The molecular formula is C17H28Cl2N4O. The number of hydrogen-bond acceptors (Lipinski definition) is 2. The number of hydrogen-bond donors (Lipinski definition) is 3. The van der Waals surface area contributed by atoms with E-state index in [1.54, 1.807) is 0 Å². The highest BCUT2D eigenvalue weighted by Gasteiger charge is 2.35. The van der Waals surface area contributed by atoms with E-state index >= 15 is 0 Å². The highest BCUT2D eigenvalue weighted by atomic mass is 35.5. The lowest BCUT2D eigenvalue weighted by Crippen LogP contribution is -2.48. The summed E-state index contributed by atoms with van der Waals surface area (Å²) in [6.07, 6.45) is 3.94. The molecule has 1 aliphatic rings. The minimum Gasteiger partial charge on any atom is -0.392 e. The van der Waals surface area contributed by atoms with Crippen LogP contribution in [0.4, 0.5) is 0 Å². The first-order valence-corrected chi connectivity index (χ1v) is 9.33. The molecule has 1 aromatic heterocycles. The van der Waals surface area contributed by atoms with E-state index in [1.807, 2.05) is 24.6 Å². The first kappa shape index (κ1) is 19.4. The minimum atomic E-state index is -0.257. The van der Waals surface area contributed by atoms with Gasteiger partial charge in [0.1, 0.15) is 5.15 Å². The highest BCUT2D eigenvalue weighted by molar-refractivity contribution is 6.41.